The van der Waals surface area contributed by atoms with Crippen molar-refractivity contribution < 1.29 is 0 Å². The highest BCUT2D eigenvalue weighted by molar-refractivity contribution is 4.90. The Morgan fingerprint density at radius 1 is 1.12 bits per heavy atom. The van der Waals surface area contributed by atoms with E-state index in [0.717, 1.165) is 18.5 Å². The normalized spacial score (nSPS) is 24.7. The minimum atomic E-state index is 0.745. The highest BCUT2D eigenvalue weighted by Gasteiger charge is 2.20. The Kier molecular flexibility index (Phi) is 4.69. The van der Waals surface area contributed by atoms with Crippen molar-refractivity contribution in [2.24, 2.45) is 5.92 Å². The SMILES string of the molecule is C#CCN1CCC(NCC2CCCC2)CC1. The number of likely N-dealkylation sites (tertiary alicyclic amines) is 1. The molecule has 1 N–H and O–H groups in total. The molecule has 1 saturated heterocycles. The van der Waals surface area contributed by atoms with Crippen molar-refractivity contribution in [3.8, 4) is 12.3 Å². The fourth-order valence-corrected chi connectivity index (χ4v) is 2.97. The minimum Gasteiger partial charge on any atom is -0.314 e. The first-order valence-corrected chi connectivity index (χ1v) is 6.77. The first kappa shape index (κ1) is 12.0. The minimum absolute atomic E-state index is 0.745. The lowest BCUT2D eigenvalue weighted by molar-refractivity contribution is 0.214. The van der Waals surface area contributed by atoms with E-state index in [9.17, 15) is 0 Å². The Bertz CT molecular complexity index is 230. The first-order chi connectivity index (χ1) is 7.88. The number of hydrogen-bond donors (Lipinski definition) is 1. The summed E-state index contributed by atoms with van der Waals surface area (Å²) in [5.74, 6) is 3.70. The van der Waals surface area contributed by atoms with Crippen molar-refractivity contribution >= 4 is 0 Å². The van der Waals surface area contributed by atoms with E-state index in [4.69, 9.17) is 6.42 Å². The van der Waals surface area contributed by atoms with E-state index in [2.05, 4.69) is 16.1 Å². The molecule has 1 aliphatic heterocycles. The molecule has 90 valence electrons. The second kappa shape index (κ2) is 6.27. The molecule has 0 unspecified atom stereocenters. The van der Waals surface area contributed by atoms with Crippen LogP contribution < -0.4 is 5.32 Å². The summed E-state index contributed by atoms with van der Waals surface area (Å²) in [5, 5.41) is 3.75. The summed E-state index contributed by atoms with van der Waals surface area (Å²) in [6, 6.07) is 0.745. The van der Waals surface area contributed by atoms with Gasteiger partial charge in [-0.05, 0) is 38.1 Å². The summed E-state index contributed by atoms with van der Waals surface area (Å²) >= 11 is 0. The molecule has 16 heavy (non-hydrogen) atoms. The maximum absolute atomic E-state index is 5.33. The Morgan fingerprint density at radius 2 is 1.81 bits per heavy atom. The highest BCUT2D eigenvalue weighted by atomic mass is 15.1. The summed E-state index contributed by atoms with van der Waals surface area (Å²) in [4.78, 5) is 2.38. The molecular formula is C14H24N2. The van der Waals surface area contributed by atoms with Crippen molar-refractivity contribution in [1.29, 1.82) is 0 Å². The number of nitrogens with one attached hydrogen (secondary N) is 1. The molecule has 0 bridgehead atoms. The number of piperidine rings is 1. The van der Waals surface area contributed by atoms with Crippen LogP contribution in [0, 0.1) is 18.3 Å². The Labute approximate surface area is 99.8 Å². The summed E-state index contributed by atoms with van der Waals surface area (Å²) in [6.45, 7) is 4.42. The molecule has 0 aromatic rings. The molecule has 2 aliphatic rings. The molecule has 1 heterocycles. The number of terminal acetylenes is 1. The maximum atomic E-state index is 5.33. The van der Waals surface area contributed by atoms with Crippen LogP contribution in [0.1, 0.15) is 38.5 Å². The standard InChI is InChI=1S/C14H24N2/c1-2-9-16-10-7-14(8-11-16)15-12-13-5-3-4-6-13/h1,13-15H,3-12H2. The van der Waals surface area contributed by atoms with Crippen LogP contribution in [-0.4, -0.2) is 37.1 Å². The van der Waals surface area contributed by atoms with Gasteiger partial charge in [0, 0.05) is 19.1 Å². The summed E-state index contributed by atoms with van der Waals surface area (Å²) in [6.07, 6.45) is 13.7. The second-order valence-electron chi connectivity index (χ2n) is 5.31. The van der Waals surface area contributed by atoms with Crippen LogP contribution in [0.2, 0.25) is 0 Å². The third kappa shape index (κ3) is 3.50. The van der Waals surface area contributed by atoms with Crippen LogP contribution in [0.4, 0.5) is 0 Å². The maximum Gasteiger partial charge on any atom is 0.0598 e. The quantitative estimate of drug-likeness (QED) is 0.728. The summed E-state index contributed by atoms with van der Waals surface area (Å²) < 4.78 is 0. The monoisotopic (exact) mass is 220 g/mol. The molecule has 2 heteroatoms. The van der Waals surface area contributed by atoms with Gasteiger partial charge in [0.1, 0.15) is 0 Å². The van der Waals surface area contributed by atoms with Gasteiger partial charge in [0.25, 0.3) is 0 Å². The number of nitrogens with zero attached hydrogens (tertiary/aromatic N) is 1. The zero-order chi connectivity index (χ0) is 11.2. The molecule has 0 spiro atoms. The van der Waals surface area contributed by atoms with Gasteiger partial charge in [0.2, 0.25) is 0 Å². The van der Waals surface area contributed by atoms with Gasteiger partial charge in [-0.25, -0.2) is 0 Å². The molecule has 1 saturated carbocycles. The van der Waals surface area contributed by atoms with Crippen LogP contribution in [0.5, 0.6) is 0 Å². The van der Waals surface area contributed by atoms with Crippen molar-refractivity contribution in [1.82, 2.24) is 10.2 Å². The predicted molar refractivity (Wildman–Crippen MR) is 68.3 cm³/mol. The first-order valence-electron chi connectivity index (χ1n) is 6.77. The zero-order valence-corrected chi connectivity index (χ0v) is 10.3. The Hall–Kier alpha value is -0.520. The Morgan fingerprint density at radius 3 is 2.44 bits per heavy atom. The fourth-order valence-electron chi connectivity index (χ4n) is 2.97. The average Bonchev–Trinajstić information content (AvgIpc) is 2.82. The second-order valence-corrected chi connectivity index (χ2v) is 5.31. The lowest BCUT2D eigenvalue weighted by Gasteiger charge is -2.31. The van der Waals surface area contributed by atoms with Gasteiger partial charge in [-0.3, -0.25) is 4.90 Å². The molecule has 2 fully saturated rings. The molecular weight excluding hydrogens is 196 g/mol. The molecule has 0 atom stereocenters. The van der Waals surface area contributed by atoms with Crippen LogP contribution in [-0.2, 0) is 0 Å². The third-order valence-electron chi connectivity index (χ3n) is 4.07. The van der Waals surface area contributed by atoms with Crippen molar-refractivity contribution in [3.05, 3.63) is 0 Å². The molecule has 1 aliphatic carbocycles. The van der Waals surface area contributed by atoms with E-state index in [0.29, 0.717) is 0 Å². The topological polar surface area (TPSA) is 15.3 Å². The van der Waals surface area contributed by atoms with Gasteiger partial charge in [0.05, 0.1) is 6.54 Å². The van der Waals surface area contributed by atoms with E-state index in [1.165, 1.54) is 58.2 Å². The van der Waals surface area contributed by atoms with Gasteiger partial charge < -0.3 is 5.32 Å². The zero-order valence-electron chi connectivity index (χ0n) is 10.3. The van der Waals surface area contributed by atoms with E-state index in [1.807, 2.05) is 0 Å². The van der Waals surface area contributed by atoms with Crippen molar-refractivity contribution in [2.45, 2.75) is 44.6 Å². The predicted octanol–water partition coefficient (Wildman–Crippen LogP) is 1.86. The van der Waals surface area contributed by atoms with E-state index < -0.39 is 0 Å². The largest absolute Gasteiger partial charge is 0.314 e. The summed E-state index contributed by atoms with van der Waals surface area (Å²) in [7, 11) is 0. The molecule has 2 nitrogen and oxygen atoms in total. The van der Waals surface area contributed by atoms with Crippen LogP contribution in [0.3, 0.4) is 0 Å². The van der Waals surface area contributed by atoms with Crippen LogP contribution in [0.15, 0.2) is 0 Å². The lowest BCUT2D eigenvalue weighted by atomic mass is 10.0. The van der Waals surface area contributed by atoms with Crippen LogP contribution >= 0.6 is 0 Å². The average molecular weight is 220 g/mol. The molecule has 0 radical (unpaired) electrons. The molecule has 0 amide bonds. The van der Waals surface area contributed by atoms with Crippen molar-refractivity contribution in [2.75, 3.05) is 26.2 Å². The van der Waals surface area contributed by atoms with Gasteiger partial charge in [-0.15, -0.1) is 6.42 Å². The number of hydrogen-bond acceptors (Lipinski definition) is 2. The van der Waals surface area contributed by atoms with Gasteiger partial charge >= 0.3 is 0 Å². The fraction of sp³-hybridized carbons (Fsp3) is 0.857. The smallest absolute Gasteiger partial charge is 0.0598 e. The van der Waals surface area contributed by atoms with E-state index in [-0.39, 0.29) is 0 Å². The third-order valence-corrected chi connectivity index (χ3v) is 4.07. The highest BCUT2D eigenvalue weighted by Crippen LogP contribution is 2.24. The lowest BCUT2D eigenvalue weighted by Crippen LogP contribution is -2.43. The van der Waals surface area contributed by atoms with Crippen LogP contribution in [0.25, 0.3) is 0 Å². The van der Waals surface area contributed by atoms with E-state index in [1.54, 1.807) is 0 Å². The molecule has 0 aromatic heterocycles. The molecule has 0 aromatic carbocycles. The number of rotatable bonds is 4. The van der Waals surface area contributed by atoms with Gasteiger partial charge in [-0.2, -0.15) is 0 Å². The van der Waals surface area contributed by atoms with Crippen molar-refractivity contribution in [3.63, 3.8) is 0 Å². The van der Waals surface area contributed by atoms with Gasteiger partial charge in [0.15, 0.2) is 0 Å². The van der Waals surface area contributed by atoms with E-state index >= 15 is 0 Å². The Balaban J connectivity index is 1.60. The molecule has 2 rings (SSSR count). The summed E-state index contributed by atoms with van der Waals surface area (Å²) in [5.41, 5.74) is 0. The van der Waals surface area contributed by atoms with Gasteiger partial charge in [-0.1, -0.05) is 18.8 Å².